The van der Waals surface area contributed by atoms with Crippen LogP contribution < -0.4 is 5.32 Å². The summed E-state index contributed by atoms with van der Waals surface area (Å²) in [5, 5.41) is 18.9. The zero-order chi connectivity index (χ0) is 27.6. The molecule has 0 bridgehead atoms. The topological polar surface area (TPSA) is 99.9 Å². The number of aliphatic hydroxyl groups excluding tert-OH is 1. The number of unbranched alkanes of at least 4 members (excludes halogenated alkanes) is 1. The number of aliphatic hydroxyl groups is 1. The second kappa shape index (κ2) is 13.0. The van der Waals surface area contributed by atoms with Gasteiger partial charge in [0.2, 0.25) is 11.8 Å². The van der Waals surface area contributed by atoms with Gasteiger partial charge in [0, 0.05) is 50.7 Å². The van der Waals surface area contributed by atoms with E-state index in [2.05, 4.69) is 43.1 Å². The molecule has 0 saturated carbocycles. The summed E-state index contributed by atoms with van der Waals surface area (Å²) in [6, 6.07) is 9.28. The lowest BCUT2D eigenvalue weighted by molar-refractivity contribution is -0.166. The Kier molecular flexibility index (Phi) is 9.93. The lowest BCUT2D eigenvalue weighted by Crippen LogP contribution is -2.75. The Morgan fingerprint density at radius 3 is 2.45 bits per heavy atom. The van der Waals surface area contributed by atoms with Gasteiger partial charge in [-0.25, -0.2) is 4.68 Å². The number of benzene rings is 1. The number of piperazine rings is 1. The van der Waals surface area contributed by atoms with Gasteiger partial charge >= 0.3 is 0 Å². The van der Waals surface area contributed by atoms with Gasteiger partial charge in [-0.15, -0.1) is 12.4 Å². The Bertz CT molecular complexity index is 1160. The number of likely N-dealkylation sites (tertiary alicyclic amines) is 1. The van der Waals surface area contributed by atoms with E-state index in [0.29, 0.717) is 58.5 Å². The van der Waals surface area contributed by atoms with Crippen LogP contribution in [0.15, 0.2) is 30.3 Å². The second-order valence-corrected chi connectivity index (χ2v) is 11.4. The van der Waals surface area contributed by atoms with Crippen molar-refractivity contribution in [2.75, 3.05) is 32.8 Å². The molecule has 3 aliphatic rings. The van der Waals surface area contributed by atoms with Crippen molar-refractivity contribution in [1.29, 1.82) is 0 Å². The van der Waals surface area contributed by atoms with Crippen molar-refractivity contribution in [2.24, 2.45) is 5.92 Å². The Morgan fingerprint density at radius 1 is 1.12 bits per heavy atom. The highest BCUT2D eigenvalue weighted by Gasteiger charge is 2.55. The molecule has 1 spiro atoms. The summed E-state index contributed by atoms with van der Waals surface area (Å²) >= 11 is 0. The number of hydrogen-bond donors (Lipinski definition) is 2. The Labute approximate surface area is 243 Å². The predicted octanol–water partition coefficient (Wildman–Crippen LogP) is 3.16. The van der Waals surface area contributed by atoms with Crippen molar-refractivity contribution in [3.63, 3.8) is 0 Å². The number of carbonyl (C=O) groups is 2. The van der Waals surface area contributed by atoms with Crippen LogP contribution in [-0.4, -0.2) is 87.0 Å². The molecule has 3 saturated heterocycles. The molecule has 2 atom stereocenters. The first-order valence-corrected chi connectivity index (χ1v) is 14.6. The maximum absolute atomic E-state index is 13.8. The first-order valence-electron chi connectivity index (χ1n) is 14.6. The van der Waals surface area contributed by atoms with E-state index in [1.807, 2.05) is 27.8 Å². The number of halogens is 1. The number of piperidine rings is 1. The largest absolute Gasteiger partial charge is 0.390 e. The maximum Gasteiger partial charge on any atom is 0.248 e. The number of para-hydroxylation sites is 1. The van der Waals surface area contributed by atoms with Crippen molar-refractivity contribution in [2.45, 2.75) is 83.5 Å². The van der Waals surface area contributed by atoms with E-state index < -0.39 is 17.7 Å². The first-order chi connectivity index (χ1) is 18.9. The van der Waals surface area contributed by atoms with Crippen molar-refractivity contribution in [3.05, 3.63) is 47.3 Å². The molecule has 5 rings (SSSR count). The molecule has 3 aliphatic heterocycles. The molecule has 1 aromatic heterocycles. The lowest BCUT2D eigenvalue weighted by Gasteiger charge is -2.52. The molecule has 4 heterocycles. The average Bonchev–Trinajstić information content (AvgIpc) is 3.25. The van der Waals surface area contributed by atoms with Crippen LogP contribution >= 0.6 is 12.4 Å². The van der Waals surface area contributed by atoms with Crippen LogP contribution in [0.4, 0.5) is 0 Å². The third kappa shape index (κ3) is 5.79. The molecule has 9 nitrogen and oxygen atoms in total. The van der Waals surface area contributed by atoms with Gasteiger partial charge in [0.1, 0.15) is 11.6 Å². The molecule has 0 unspecified atom stereocenters. The van der Waals surface area contributed by atoms with Gasteiger partial charge in [-0.05, 0) is 64.0 Å². The van der Waals surface area contributed by atoms with Crippen LogP contribution in [0.5, 0.6) is 0 Å². The van der Waals surface area contributed by atoms with Gasteiger partial charge in [-0.1, -0.05) is 31.5 Å². The summed E-state index contributed by atoms with van der Waals surface area (Å²) < 4.78 is 7.44. The van der Waals surface area contributed by atoms with Crippen molar-refractivity contribution in [1.82, 2.24) is 24.9 Å². The Morgan fingerprint density at radius 2 is 1.80 bits per heavy atom. The summed E-state index contributed by atoms with van der Waals surface area (Å²) in [5.74, 6) is -0.287. The van der Waals surface area contributed by atoms with E-state index in [9.17, 15) is 14.7 Å². The number of aromatic nitrogens is 2. The highest BCUT2D eigenvalue weighted by atomic mass is 35.5. The number of carbonyl (C=O) groups excluding carboxylic acids is 2. The number of aryl methyl sites for hydroxylation is 1. The van der Waals surface area contributed by atoms with E-state index in [0.717, 1.165) is 36.5 Å². The summed E-state index contributed by atoms with van der Waals surface area (Å²) in [5.41, 5.74) is 3.54. The molecule has 10 heteroatoms. The van der Waals surface area contributed by atoms with Gasteiger partial charge in [-0.3, -0.25) is 14.5 Å². The molecule has 2 N–H and O–H groups in total. The molecule has 2 aromatic rings. The van der Waals surface area contributed by atoms with Gasteiger partial charge < -0.3 is 20.1 Å². The molecule has 0 aliphatic carbocycles. The molecular formula is C30H44ClN5O4. The van der Waals surface area contributed by atoms with E-state index >= 15 is 0 Å². The zero-order valence-electron chi connectivity index (χ0n) is 24.0. The van der Waals surface area contributed by atoms with Crippen LogP contribution in [-0.2, 0) is 20.9 Å². The SMILES string of the molecule is CCCCN1C(=O)[C@@H]([C@H](O)C2CCOCC2)NC(=O)C12CCN(Cc1c(C)nn(-c3ccccc3)c1C)CC2.Cl. The number of hydrogen-bond acceptors (Lipinski definition) is 6. The maximum atomic E-state index is 13.8. The number of nitrogens with one attached hydrogen (secondary N) is 1. The fraction of sp³-hybridized carbons (Fsp3) is 0.633. The van der Waals surface area contributed by atoms with Crippen LogP contribution in [0.25, 0.3) is 5.69 Å². The molecule has 2 amide bonds. The fourth-order valence-corrected chi connectivity index (χ4v) is 6.57. The Hall–Kier alpha value is -2.46. The first kappa shape index (κ1) is 30.5. The van der Waals surface area contributed by atoms with Gasteiger partial charge in [0.15, 0.2) is 0 Å². The lowest BCUT2D eigenvalue weighted by atomic mass is 9.79. The fourth-order valence-electron chi connectivity index (χ4n) is 6.57. The molecule has 40 heavy (non-hydrogen) atoms. The van der Waals surface area contributed by atoms with Gasteiger partial charge in [0.25, 0.3) is 0 Å². The van der Waals surface area contributed by atoms with Gasteiger partial charge in [0.05, 0.1) is 17.5 Å². The Balaban J connectivity index is 0.00000370. The van der Waals surface area contributed by atoms with Crippen molar-refractivity contribution in [3.8, 4) is 5.69 Å². The number of nitrogens with zero attached hydrogens (tertiary/aromatic N) is 4. The minimum absolute atomic E-state index is 0. The highest BCUT2D eigenvalue weighted by Crippen LogP contribution is 2.36. The van der Waals surface area contributed by atoms with Crippen LogP contribution in [0.1, 0.15) is 62.4 Å². The molecular weight excluding hydrogens is 530 g/mol. The van der Waals surface area contributed by atoms with Crippen molar-refractivity contribution < 1.29 is 19.4 Å². The van der Waals surface area contributed by atoms with Crippen LogP contribution in [0.3, 0.4) is 0 Å². The molecule has 1 aromatic carbocycles. The van der Waals surface area contributed by atoms with Crippen LogP contribution in [0.2, 0.25) is 0 Å². The third-order valence-corrected chi connectivity index (χ3v) is 9.09. The average molecular weight is 574 g/mol. The highest BCUT2D eigenvalue weighted by molar-refractivity contribution is 6.00. The smallest absolute Gasteiger partial charge is 0.248 e. The van der Waals surface area contributed by atoms with E-state index in [4.69, 9.17) is 9.84 Å². The standard InChI is InChI=1S/C30H43N5O4.ClH/c1-4-5-15-34-28(37)26(27(36)23-11-18-39-19-12-23)31-29(38)30(34)13-16-33(17-14-30)20-25-21(2)32-35(22(25)3)24-9-7-6-8-10-24;/h6-10,23,26-27,36H,4-5,11-20H2,1-3H3,(H,31,38);1H/t26-,27-;/m1./s1. The summed E-state index contributed by atoms with van der Waals surface area (Å²) in [4.78, 5) is 31.8. The molecule has 0 radical (unpaired) electrons. The predicted molar refractivity (Wildman–Crippen MR) is 156 cm³/mol. The van der Waals surface area contributed by atoms with E-state index in [1.54, 1.807) is 0 Å². The van der Waals surface area contributed by atoms with E-state index in [1.165, 1.54) is 5.56 Å². The molecule has 3 fully saturated rings. The summed E-state index contributed by atoms with van der Waals surface area (Å²) in [7, 11) is 0. The minimum Gasteiger partial charge on any atom is -0.390 e. The number of rotatable bonds is 8. The molecule has 220 valence electrons. The monoisotopic (exact) mass is 573 g/mol. The second-order valence-electron chi connectivity index (χ2n) is 11.4. The quantitative estimate of drug-likeness (QED) is 0.503. The minimum atomic E-state index is -0.890. The van der Waals surface area contributed by atoms with E-state index in [-0.39, 0.29) is 30.1 Å². The van der Waals surface area contributed by atoms with Gasteiger partial charge in [-0.2, -0.15) is 5.10 Å². The number of amides is 2. The van der Waals surface area contributed by atoms with Crippen LogP contribution in [0, 0.1) is 19.8 Å². The third-order valence-electron chi connectivity index (χ3n) is 9.09. The summed E-state index contributed by atoms with van der Waals surface area (Å²) in [6.45, 7) is 10.2. The zero-order valence-corrected chi connectivity index (χ0v) is 24.8. The normalized spacial score (nSPS) is 22.7. The van der Waals surface area contributed by atoms with Crippen molar-refractivity contribution >= 4 is 24.2 Å². The number of ether oxygens (including phenoxy) is 1. The summed E-state index contributed by atoms with van der Waals surface area (Å²) in [6.07, 6.45) is 3.45.